The Balaban J connectivity index is 2.23. The van der Waals surface area contributed by atoms with E-state index in [2.05, 4.69) is 45.1 Å². The van der Waals surface area contributed by atoms with E-state index in [1.807, 2.05) is 6.07 Å². The molecule has 0 spiro atoms. The van der Waals surface area contributed by atoms with Gasteiger partial charge in [0.05, 0.1) is 19.6 Å². The van der Waals surface area contributed by atoms with Crippen molar-refractivity contribution in [3.8, 4) is 0 Å². The maximum Gasteiger partial charge on any atom is 0.282 e. The number of amides is 1. The first kappa shape index (κ1) is 17.0. The number of nitrogens with zero attached hydrogens (tertiary/aromatic N) is 1. The van der Waals surface area contributed by atoms with Crippen molar-refractivity contribution in [1.29, 1.82) is 0 Å². The van der Waals surface area contributed by atoms with E-state index in [1.165, 1.54) is 12.8 Å². The maximum absolute atomic E-state index is 13.0. The van der Waals surface area contributed by atoms with E-state index in [1.54, 1.807) is 0 Å². The molecule has 1 aliphatic rings. The highest BCUT2D eigenvalue weighted by atomic mass is 16.2. The number of para-hydroxylation sites is 1. The number of anilines is 1. The summed E-state index contributed by atoms with van der Waals surface area (Å²) in [6.45, 7) is 11.9. The molecule has 1 aromatic carbocycles. The van der Waals surface area contributed by atoms with Gasteiger partial charge in [-0.2, -0.15) is 0 Å². The molecular weight excluding hydrogens is 272 g/mol. The van der Waals surface area contributed by atoms with Crippen LogP contribution >= 0.6 is 0 Å². The number of aryl methyl sites for hydroxylation is 2. The van der Waals surface area contributed by atoms with E-state index in [-0.39, 0.29) is 11.9 Å². The number of likely N-dealkylation sites (tertiary alicyclic amines) is 1. The van der Waals surface area contributed by atoms with Crippen LogP contribution in [0.15, 0.2) is 18.2 Å². The molecule has 0 aromatic heterocycles. The molecule has 1 heterocycles. The quantitative estimate of drug-likeness (QED) is 0.790. The van der Waals surface area contributed by atoms with Gasteiger partial charge in [0.25, 0.3) is 5.91 Å². The summed E-state index contributed by atoms with van der Waals surface area (Å²) in [5.41, 5.74) is 3.29. The van der Waals surface area contributed by atoms with Crippen LogP contribution in [0.4, 0.5) is 5.69 Å². The number of carbonyl (C=O) groups is 1. The molecule has 1 aliphatic heterocycles. The number of quaternary nitrogens is 1. The zero-order valence-corrected chi connectivity index (χ0v) is 14.6. The lowest BCUT2D eigenvalue weighted by Crippen LogP contribution is -2.58. The lowest BCUT2D eigenvalue weighted by atomic mass is 10.0. The van der Waals surface area contributed by atoms with Crippen molar-refractivity contribution in [2.24, 2.45) is 0 Å². The molecule has 3 heteroatoms. The molecule has 1 N–H and O–H groups in total. The Bertz CT molecular complexity index is 498. The predicted octanol–water partition coefficient (Wildman–Crippen LogP) is 4.04. The monoisotopic (exact) mass is 303 g/mol. The van der Waals surface area contributed by atoms with Crippen LogP contribution in [0.1, 0.15) is 50.7 Å². The predicted molar refractivity (Wildman–Crippen MR) is 93.0 cm³/mol. The van der Waals surface area contributed by atoms with E-state index in [9.17, 15) is 4.79 Å². The standard InChI is InChI=1S/C19H30N2O/c1-5-10-17(21(6-2)13-7-8-14-21)19(22)20-18-15(3)11-9-12-16(18)4/h9,11-12,17H,5-8,10,13-14H2,1-4H3/p+1. The summed E-state index contributed by atoms with van der Waals surface area (Å²) in [7, 11) is 0. The van der Waals surface area contributed by atoms with Gasteiger partial charge in [0.15, 0.2) is 6.04 Å². The molecule has 0 radical (unpaired) electrons. The zero-order chi connectivity index (χ0) is 16.2. The van der Waals surface area contributed by atoms with E-state index in [0.29, 0.717) is 0 Å². The molecule has 0 saturated carbocycles. The highest BCUT2D eigenvalue weighted by Crippen LogP contribution is 2.28. The minimum atomic E-state index is 0.0940. The van der Waals surface area contributed by atoms with Crippen LogP contribution in [0.5, 0.6) is 0 Å². The normalized spacial score (nSPS) is 18.2. The van der Waals surface area contributed by atoms with Crippen molar-refractivity contribution >= 4 is 11.6 Å². The molecule has 1 unspecified atom stereocenters. The van der Waals surface area contributed by atoms with Gasteiger partial charge < -0.3 is 9.80 Å². The van der Waals surface area contributed by atoms with Gasteiger partial charge in [-0.05, 0) is 38.3 Å². The highest BCUT2D eigenvalue weighted by molar-refractivity contribution is 5.95. The van der Waals surface area contributed by atoms with Gasteiger partial charge in [0.2, 0.25) is 0 Å². The topological polar surface area (TPSA) is 29.1 Å². The van der Waals surface area contributed by atoms with Crippen LogP contribution in [0, 0.1) is 13.8 Å². The van der Waals surface area contributed by atoms with Crippen molar-refractivity contribution in [2.75, 3.05) is 25.0 Å². The molecule has 2 rings (SSSR count). The number of likely N-dealkylation sites (N-methyl/N-ethyl adjacent to an activating group) is 1. The van der Waals surface area contributed by atoms with Crippen LogP contribution in [0.2, 0.25) is 0 Å². The summed E-state index contributed by atoms with van der Waals surface area (Å²) < 4.78 is 0.977. The summed E-state index contributed by atoms with van der Waals surface area (Å²) in [5, 5.41) is 3.24. The highest BCUT2D eigenvalue weighted by Gasteiger charge is 2.42. The SMILES string of the molecule is CCCC(C(=O)Nc1c(C)cccc1C)[N+]1(CC)CCCC1. The van der Waals surface area contributed by atoms with Gasteiger partial charge in [-0.15, -0.1) is 0 Å². The Morgan fingerprint density at radius 2 is 1.77 bits per heavy atom. The second kappa shape index (κ2) is 7.28. The largest absolute Gasteiger partial charge is 0.320 e. The third-order valence-electron chi connectivity index (χ3n) is 5.34. The van der Waals surface area contributed by atoms with Crippen LogP contribution in [0.3, 0.4) is 0 Å². The van der Waals surface area contributed by atoms with Crippen LogP contribution in [-0.2, 0) is 4.79 Å². The number of rotatable bonds is 6. The summed E-state index contributed by atoms with van der Waals surface area (Å²) >= 11 is 0. The maximum atomic E-state index is 13.0. The fourth-order valence-electron chi connectivity index (χ4n) is 3.96. The van der Waals surface area contributed by atoms with Gasteiger partial charge in [-0.25, -0.2) is 0 Å². The van der Waals surface area contributed by atoms with Crippen molar-refractivity contribution in [3.63, 3.8) is 0 Å². The van der Waals surface area contributed by atoms with Crippen molar-refractivity contribution < 1.29 is 9.28 Å². The molecule has 0 bridgehead atoms. The van der Waals surface area contributed by atoms with E-state index in [4.69, 9.17) is 0 Å². The fraction of sp³-hybridized carbons (Fsp3) is 0.632. The van der Waals surface area contributed by atoms with Crippen molar-refractivity contribution in [2.45, 2.75) is 59.4 Å². The smallest absolute Gasteiger partial charge is 0.282 e. The van der Waals surface area contributed by atoms with Gasteiger partial charge in [-0.3, -0.25) is 4.79 Å². The van der Waals surface area contributed by atoms with Gasteiger partial charge in [0.1, 0.15) is 0 Å². The van der Waals surface area contributed by atoms with Crippen molar-refractivity contribution in [3.05, 3.63) is 29.3 Å². The van der Waals surface area contributed by atoms with Crippen LogP contribution < -0.4 is 5.32 Å². The first-order valence-electron chi connectivity index (χ1n) is 8.77. The van der Waals surface area contributed by atoms with E-state index in [0.717, 1.165) is 53.8 Å². The number of carbonyl (C=O) groups excluding carboxylic acids is 1. The average Bonchev–Trinajstić information content (AvgIpc) is 2.98. The number of nitrogens with one attached hydrogen (secondary N) is 1. The third-order valence-corrected chi connectivity index (χ3v) is 5.34. The third kappa shape index (κ3) is 3.35. The zero-order valence-electron chi connectivity index (χ0n) is 14.6. The molecule has 1 saturated heterocycles. The van der Waals surface area contributed by atoms with Gasteiger partial charge in [0, 0.05) is 24.9 Å². The first-order chi connectivity index (χ1) is 10.5. The van der Waals surface area contributed by atoms with Crippen LogP contribution in [0.25, 0.3) is 0 Å². The Morgan fingerprint density at radius 3 is 2.27 bits per heavy atom. The second-order valence-corrected chi connectivity index (χ2v) is 6.75. The van der Waals surface area contributed by atoms with Crippen molar-refractivity contribution in [1.82, 2.24) is 0 Å². The number of hydrogen-bond donors (Lipinski definition) is 1. The Hall–Kier alpha value is -1.35. The van der Waals surface area contributed by atoms with E-state index >= 15 is 0 Å². The number of benzene rings is 1. The lowest BCUT2D eigenvalue weighted by Gasteiger charge is -2.40. The molecule has 22 heavy (non-hydrogen) atoms. The minimum absolute atomic E-state index is 0.0940. The lowest BCUT2D eigenvalue weighted by molar-refractivity contribution is -0.930. The van der Waals surface area contributed by atoms with Crippen LogP contribution in [-0.4, -0.2) is 36.1 Å². The Kier molecular flexibility index (Phi) is 5.63. The molecule has 122 valence electrons. The summed E-state index contributed by atoms with van der Waals surface area (Å²) in [6, 6.07) is 6.27. The molecule has 1 aromatic rings. The Labute approximate surface area is 135 Å². The summed E-state index contributed by atoms with van der Waals surface area (Å²) in [4.78, 5) is 13.0. The van der Waals surface area contributed by atoms with Gasteiger partial charge >= 0.3 is 0 Å². The first-order valence-corrected chi connectivity index (χ1v) is 8.77. The Morgan fingerprint density at radius 1 is 1.18 bits per heavy atom. The summed E-state index contributed by atoms with van der Waals surface area (Å²) in [5.74, 6) is 0.211. The second-order valence-electron chi connectivity index (χ2n) is 6.75. The summed E-state index contributed by atoms with van der Waals surface area (Å²) in [6.07, 6.45) is 4.55. The number of hydrogen-bond acceptors (Lipinski definition) is 1. The van der Waals surface area contributed by atoms with E-state index < -0.39 is 0 Å². The molecule has 0 aliphatic carbocycles. The molecular formula is C19H31N2O+. The molecule has 1 fully saturated rings. The molecule has 1 amide bonds. The molecule has 3 nitrogen and oxygen atoms in total. The molecule has 1 atom stereocenters. The average molecular weight is 303 g/mol. The minimum Gasteiger partial charge on any atom is -0.320 e. The van der Waals surface area contributed by atoms with Gasteiger partial charge in [-0.1, -0.05) is 25.1 Å². The fourth-order valence-corrected chi connectivity index (χ4v) is 3.96.